The lowest BCUT2D eigenvalue weighted by atomic mass is 10.4. The maximum Gasteiger partial charge on any atom is 0.313 e. The van der Waals surface area contributed by atoms with E-state index in [-0.39, 0.29) is 11.9 Å². The second-order valence-corrected chi connectivity index (χ2v) is 2.56. The highest BCUT2D eigenvalue weighted by Crippen LogP contribution is 2.18. The lowest BCUT2D eigenvalue weighted by Crippen LogP contribution is -1.81. The van der Waals surface area contributed by atoms with Gasteiger partial charge in [-0.15, -0.1) is 5.10 Å². The first kappa shape index (κ1) is 8.70. The molecule has 2 N–H and O–H groups in total. The maximum atomic E-state index is 5.26. The molecule has 74 valence electrons. The molecule has 2 aromatic heterocycles. The van der Waals surface area contributed by atoms with Crippen LogP contribution in [0.5, 0.6) is 0 Å². The van der Waals surface area contributed by atoms with Crippen molar-refractivity contribution in [3.63, 3.8) is 0 Å². The van der Waals surface area contributed by atoms with Gasteiger partial charge in [-0.25, -0.2) is 0 Å². The summed E-state index contributed by atoms with van der Waals surface area (Å²) in [5.74, 6) is 0.813. The van der Waals surface area contributed by atoms with Crippen LogP contribution in [-0.2, 0) is 11.3 Å². The summed E-state index contributed by atoms with van der Waals surface area (Å²) in [6.07, 6.45) is 0. The smallest absolute Gasteiger partial charge is 0.313 e. The van der Waals surface area contributed by atoms with Crippen molar-refractivity contribution in [2.24, 2.45) is 0 Å². The molecule has 7 heteroatoms. The monoisotopic (exact) mass is 196 g/mol. The maximum absolute atomic E-state index is 5.26. The molecule has 0 aromatic carbocycles. The van der Waals surface area contributed by atoms with Crippen LogP contribution in [0.25, 0.3) is 11.6 Å². The summed E-state index contributed by atoms with van der Waals surface area (Å²) in [5.41, 5.74) is 5.70. The van der Waals surface area contributed by atoms with E-state index in [0.29, 0.717) is 18.1 Å². The molecular formula is C7H8N4O3. The second-order valence-electron chi connectivity index (χ2n) is 2.56. The zero-order valence-electron chi connectivity index (χ0n) is 7.43. The molecule has 0 aliphatic rings. The minimum absolute atomic E-state index is 0.00343. The summed E-state index contributed by atoms with van der Waals surface area (Å²) in [6, 6.07) is 1.65. The van der Waals surface area contributed by atoms with Crippen LogP contribution in [0.15, 0.2) is 15.0 Å². The molecule has 0 saturated heterocycles. The second kappa shape index (κ2) is 3.46. The van der Waals surface area contributed by atoms with Crippen LogP contribution < -0.4 is 5.73 Å². The van der Waals surface area contributed by atoms with Gasteiger partial charge >= 0.3 is 6.01 Å². The van der Waals surface area contributed by atoms with Crippen LogP contribution in [-0.4, -0.2) is 22.5 Å². The highest BCUT2D eigenvalue weighted by atomic mass is 16.5. The van der Waals surface area contributed by atoms with Crippen molar-refractivity contribution in [2.45, 2.75) is 6.61 Å². The number of aromatic nitrogens is 3. The van der Waals surface area contributed by atoms with Gasteiger partial charge in [0.1, 0.15) is 6.61 Å². The quantitative estimate of drug-likeness (QED) is 0.760. The summed E-state index contributed by atoms with van der Waals surface area (Å²) in [6.45, 7) is 0.344. The molecule has 0 unspecified atom stereocenters. The zero-order valence-corrected chi connectivity index (χ0v) is 7.43. The van der Waals surface area contributed by atoms with Crippen molar-refractivity contribution in [1.82, 2.24) is 15.4 Å². The normalized spacial score (nSPS) is 10.6. The Kier molecular flexibility index (Phi) is 2.15. The minimum atomic E-state index is -0.00343. The number of ether oxygens (including phenoxy) is 1. The van der Waals surface area contributed by atoms with E-state index in [1.807, 2.05) is 0 Å². The lowest BCUT2D eigenvalue weighted by molar-refractivity contribution is 0.156. The van der Waals surface area contributed by atoms with Crippen molar-refractivity contribution in [2.75, 3.05) is 12.8 Å². The van der Waals surface area contributed by atoms with Gasteiger partial charge in [-0.2, -0.15) is 0 Å². The molecule has 0 atom stereocenters. The number of rotatable bonds is 3. The largest absolute Gasteiger partial charge is 0.402 e. The molecule has 0 bridgehead atoms. The van der Waals surface area contributed by atoms with Gasteiger partial charge in [0.25, 0.3) is 5.89 Å². The van der Waals surface area contributed by atoms with Crippen molar-refractivity contribution < 1.29 is 13.7 Å². The Balaban J connectivity index is 2.24. The number of hydrogen-bond acceptors (Lipinski definition) is 7. The van der Waals surface area contributed by atoms with Gasteiger partial charge in [0.15, 0.2) is 11.5 Å². The molecule has 14 heavy (non-hydrogen) atoms. The summed E-state index contributed by atoms with van der Waals surface area (Å²) in [4.78, 5) is 0. The SMILES string of the molecule is COCc1cc(-c2nnc(N)o2)no1. The van der Waals surface area contributed by atoms with Gasteiger partial charge in [-0.3, -0.25) is 0 Å². The number of nitrogens with two attached hydrogens (primary N) is 1. The van der Waals surface area contributed by atoms with Gasteiger partial charge in [-0.1, -0.05) is 10.3 Å². The van der Waals surface area contributed by atoms with E-state index in [4.69, 9.17) is 19.4 Å². The molecule has 0 aliphatic carbocycles. The van der Waals surface area contributed by atoms with E-state index < -0.39 is 0 Å². The molecule has 0 amide bonds. The molecular weight excluding hydrogens is 188 g/mol. The Labute approximate surface area is 78.8 Å². The van der Waals surface area contributed by atoms with E-state index in [2.05, 4.69) is 15.4 Å². The number of nitrogen functional groups attached to an aromatic ring is 1. The van der Waals surface area contributed by atoms with Crippen LogP contribution in [0.4, 0.5) is 6.01 Å². The minimum Gasteiger partial charge on any atom is -0.402 e. The van der Waals surface area contributed by atoms with E-state index in [0.717, 1.165) is 0 Å². The molecule has 2 heterocycles. The predicted molar refractivity (Wildman–Crippen MR) is 44.9 cm³/mol. The summed E-state index contributed by atoms with van der Waals surface area (Å²) in [5, 5.41) is 10.9. The fraction of sp³-hybridized carbons (Fsp3) is 0.286. The molecule has 0 spiro atoms. The van der Waals surface area contributed by atoms with Crippen molar-refractivity contribution in [1.29, 1.82) is 0 Å². The fourth-order valence-corrected chi connectivity index (χ4v) is 0.962. The first-order valence-electron chi connectivity index (χ1n) is 3.83. The standard InChI is InChI=1S/C7H8N4O3/c1-12-3-4-2-5(11-14-4)6-9-10-7(8)13-6/h2H,3H2,1H3,(H2,8,10). The van der Waals surface area contributed by atoms with Crippen molar-refractivity contribution >= 4 is 6.01 Å². The van der Waals surface area contributed by atoms with Crippen molar-refractivity contribution in [3.8, 4) is 11.6 Å². The Morgan fingerprint density at radius 1 is 1.50 bits per heavy atom. The van der Waals surface area contributed by atoms with E-state index in [9.17, 15) is 0 Å². The van der Waals surface area contributed by atoms with Crippen LogP contribution in [0.3, 0.4) is 0 Å². The first-order valence-corrected chi connectivity index (χ1v) is 3.83. The van der Waals surface area contributed by atoms with Crippen LogP contribution in [0, 0.1) is 0 Å². The predicted octanol–water partition coefficient (Wildman–Crippen LogP) is 0.453. The van der Waals surface area contributed by atoms with Gasteiger partial charge in [0.2, 0.25) is 0 Å². The molecule has 7 nitrogen and oxygen atoms in total. The molecule has 0 radical (unpaired) electrons. The highest BCUT2D eigenvalue weighted by Gasteiger charge is 2.12. The van der Waals surface area contributed by atoms with Crippen LogP contribution >= 0.6 is 0 Å². The molecule has 0 aliphatic heterocycles. The third kappa shape index (κ3) is 1.57. The van der Waals surface area contributed by atoms with Gasteiger partial charge in [0, 0.05) is 13.2 Å². The third-order valence-electron chi connectivity index (χ3n) is 1.51. The van der Waals surface area contributed by atoms with E-state index in [1.165, 1.54) is 0 Å². The topological polar surface area (TPSA) is 100 Å². The molecule has 0 saturated carbocycles. The van der Waals surface area contributed by atoms with Crippen LogP contribution in [0.2, 0.25) is 0 Å². The third-order valence-corrected chi connectivity index (χ3v) is 1.51. The van der Waals surface area contributed by atoms with Gasteiger partial charge in [0.05, 0.1) is 0 Å². The Morgan fingerprint density at radius 2 is 2.36 bits per heavy atom. The number of hydrogen-bond donors (Lipinski definition) is 1. The van der Waals surface area contributed by atoms with E-state index >= 15 is 0 Å². The van der Waals surface area contributed by atoms with Gasteiger partial charge < -0.3 is 19.4 Å². The number of nitrogens with zero attached hydrogens (tertiary/aromatic N) is 3. The highest BCUT2D eigenvalue weighted by molar-refractivity contribution is 5.46. The Hall–Kier alpha value is -1.89. The summed E-state index contributed by atoms with van der Waals surface area (Å²) >= 11 is 0. The number of methoxy groups -OCH3 is 1. The first-order chi connectivity index (χ1) is 6.79. The Bertz CT molecular complexity index is 422. The fourth-order valence-electron chi connectivity index (χ4n) is 0.962. The van der Waals surface area contributed by atoms with Crippen LogP contribution in [0.1, 0.15) is 5.76 Å². The zero-order chi connectivity index (χ0) is 9.97. The Morgan fingerprint density at radius 3 is 3.00 bits per heavy atom. The number of anilines is 1. The van der Waals surface area contributed by atoms with Crippen molar-refractivity contribution in [3.05, 3.63) is 11.8 Å². The summed E-state index contributed by atoms with van der Waals surface area (Å²) in [7, 11) is 1.56. The molecule has 0 fully saturated rings. The van der Waals surface area contributed by atoms with Gasteiger partial charge in [-0.05, 0) is 0 Å². The molecule has 2 aromatic rings. The van der Waals surface area contributed by atoms with E-state index in [1.54, 1.807) is 13.2 Å². The molecule has 2 rings (SSSR count). The lowest BCUT2D eigenvalue weighted by Gasteiger charge is -1.87. The average Bonchev–Trinajstić information content (AvgIpc) is 2.74. The summed E-state index contributed by atoms with van der Waals surface area (Å²) < 4.78 is 14.7. The average molecular weight is 196 g/mol.